The van der Waals surface area contributed by atoms with Crippen LogP contribution in [0.3, 0.4) is 0 Å². The molecule has 0 aromatic heterocycles. The standard InChI is InChI=1S/C21H22N2O4/c24-20-18-8-4-5-9-19(18)21(25)23(20)14-16(22-10-12-26-13-11-22)15-27-17-6-2-1-3-7-17/h1-9,16H,10-15H2. The molecule has 0 aliphatic carbocycles. The second kappa shape index (κ2) is 7.90. The first-order valence-electron chi connectivity index (χ1n) is 9.19. The van der Waals surface area contributed by atoms with E-state index in [9.17, 15) is 9.59 Å². The topological polar surface area (TPSA) is 59.1 Å². The Morgan fingerprint density at radius 2 is 1.48 bits per heavy atom. The monoisotopic (exact) mass is 366 g/mol. The summed E-state index contributed by atoms with van der Waals surface area (Å²) in [4.78, 5) is 29.0. The molecule has 0 radical (unpaired) electrons. The van der Waals surface area contributed by atoms with E-state index in [1.54, 1.807) is 24.3 Å². The van der Waals surface area contributed by atoms with Crippen LogP contribution in [0.25, 0.3) is 0 Å². The van der Waals surface area contributed by atoms with E-state index < -0.39 is 0 Å². The molecule has 0 spiro atoms. The summed E-state index contributed by atoms with van der Waals surface area (Å²) in [5.41, 5.74) is 0.958. The fourth-order valence-corrected chi connectivity index (χ4v) is 3.54. The molecule has 6 heteroatoms. The van der Waals surface area contributed by atoms with Crippen LogP contribution >= 0.6 is 0 Å². The molecule has 6 nitrogen and oxygen atoms in total. The van der Waals surface area contributed by atoms with E-state index in [0.717, 1.165) is 18.8 Å². The number of fused-ring (bicyclic) bond motifs is 1. The van der Waals surface area contributed by atoms with Crippen molar-refractivity contribution in [2.24, 2.45) is 0 Å². The summed E-state index contributed by atoms with van der Waals surface area (Å²) < 4.78 is 11.4. The Bertz CT molecular complexity index is 783. The molecule has 27 heavy (non-hydrogen) atoms. The molecule has 0 N–H and O–H groups in total. The van der Waals surface area contributed by atoms with Crippen LogP contribution in [0, 0.1) is 0 Å². The number of benzene rings is 2. The van der Waals surface area contributed by atoms with Gasteiger partial charge in [0.2, 0.25) is 0 Å². The van der Waals surface area contributed by atoms with Crippen LogP contribution in [0.4, 0.5) is 0 Å². The minimum atomic E-state index is -0.228. The first-order valence-corrected chi connectivity index (χ1v) is 9.19. The van der Waals surface area contributed by atoms with Crippen molar-refractivity contribution >= 4 is 11.8 Å². The third kappa shape index (κ3) is 3.72. The zero-order valence-corrected chi connectivity index (χ0v) is 15.0. The Morgan fingerprint density at radius 1 is 0.889 bits per heavy atom. The maximum absolute atomic E-state index is 12.7. The van der Waals surface area contributed by atoms with Gasteiger partial charge in [-0.25, -0.2) is 0 Å². The normalized spacial score (nSPS) is 18.4. The number of hydrogen-bond acceptors (Lipinski definition) is 5. The van der Waals surface area contributed by atoms with Crippen molar-refractivity contribution in [3.05, 3.63) is 65.7 Å². The summed E-state index contributed by atoms with van der Waals surface area (Å²) in [6.45, 7) is 3.50. The smallest absolute Gasteiger partial charge is 0.261 e. The summed E-state index contributed by atoms with van der Waals surface area (Å²) in [6.07, 6.45) is 0. The number of nitrogens with zero attached hydrogens (tertiary/aromatic N) is 2. The van der Waals surface area contributed by atoms with Crippen LogP contribution in [-0.2, 0) is 4.74 Å². The predicted octanol–water partition coefficient (Wildman–Crippen LogP) is 2.06. The number of carbonyl (C=O) groups excluding carboxylic acids is 2. The summed E-state index contributed by atoms with van der Waals surface area (Å²) in [7, 11) is 0. The number of hydrogen-bond donors (Lipinski definition) is 0. The molecule has 4 rings (SSSR count). The first-order chi connectivity index (χ1) is 13.2. The molecule has 2 aromatic rings. The number of ether oxygens (including phenoxy) is 2. The average molecular weight is 366 g/mol. The van der Waals surface area contributed by atoms with E-state index in [2.05, 4.69) is 4.90 Å². The van der Waals surface area contributed by atoms with Crippen LogP contribution < -0.4 is 4.74 Å². The zero-order valence-electron chi connectivity index (χ0n) is 15.0. The summed E-state index contributed by atoms with van der Waals surface area (Å²) in [5.74, 6) is 0.320. The van der Waals surface area contributed by atoms with Crippen LogP contribution in [-0.4, -0.2) is 67.1 Å². The molecule has 1 fully saturated rings. The van der Waals surface area contributed by atoms with Crippen LogP contribution in [0.2, 0.25) is 0 Å². The van der Waals surface area contributed by atoms with Crippen molar-refractivity contribution < 1.29 is 19.1 Å². The Labute approximate surface area is 158 Å². The van der Waals surface area contributed by atoms with E-state index >= 15 is 0 Å². The summed E-state index contributed by atoms with van der Waals surface area (Å²) >= 11 is 0. The first kappa shape index (κ1) is 17.7. The highest BCUT2D eigenvalue weighted by Gasteiger charge is 2.37. The fraction of sp³-hybridized carbons (Fsp3) is 0.333. The molecular formula is C21H22N2O4. The molecule has 0 bridgehead atoms. The van der Waals surface area contributed by atoms with Crippen molar-refractivity contribution in [3.8, 4) is 5.75 Å². The molecule has 2 aliphatic heterocycles. The van der Waals surface area contributed by atoms with Gasteiger partial charge in [0.1, 0.15) is 12.4 Å². The van der Waals surface area contributed by atoms with Gasteiger partial charge in [0, 0.05) is 19.6 Å². The maximum Gasteiger partial charge on any atom is 0.261 e. The van der Waals surface area contributed by atoms with Gasteiger partial charge in [-0.05, 0) is 24.3 Å². The Hall–Kier alpha value is -2.70. The zero-order chi connectivity index (χ0) is 18.6. The molecule has 0 saturated carbocycles. The quantitative estimate of drug-likeness (QED) is 0.733. The molecule has 1 unspecified atom stereocenters. The minimum absolute atomic E-state index is 0.0867. The molecule has 2 amide bonds. The van der Waals surface area contributed by atoms with Gasteiger partial charge in [-0.1, -0.05) is 30.3 Å². The second-order valence-electron chi connectivity index (χ2n) is 6.69. The number of para-hydroxylation sites is 1. The third-order valence-electron chi connectivity index (χ3n) is 5.02. The van der Waals surface area contributed by atoms with Crippen LogP contribution in [0.15, 0.2) is 54.6 Å². The van der Waals surface area contributed by atoms with Gasteiger partial charge in [0.25, 0.3) is 11.8 Å². The molecule has 1 saturated heterocycles. The van der Waals surface area contributed by atoms with Gasteiger partial charge < -0.3 is 9.47 Å². The minimum Gasteiger partial charge on any atom is -0.492 e. The van der Waals surface area contributed by atoms with Crippen molar-refractivity contribution in [3.63, 3.8) is 0 Å². The SMILES string of the molecule is O=C1c2ccccc2C(=O)N1CC(COc1ccccc1)N1CCOCC1. The summed E-state index contributed by atoms with van der Waals surface area (Å²) in [5, 5.41) is 0. The lowest BCUT2D eigenvalue weighted by atomic mass is 10.1. The van der Waals surface area contributed by atoms with Gasteiger partial charge in [-0.3, -0.25) is 19.4 Å². The lowest BCUT2D eigenvalue weighted by Crippen LogP contribution is -2.52. The van der Waals surface area contributed by atoms with Gasteiger partial charge in [0.05, 0.1) is 30.4 Å². The van der Waals surface area contributed by atoms with Gasteiger partial charge >= 0.3 is 0 Å². The Kier molecular flexibility index (Phi) is 5.18. The van der Waals surface area contributed by atoms with Crippen molar-refractivity contribution in [2.45, 2.75) is 6.04 Å². The molecule has 140 valence electrons. The lowest BCUT2D eigenvalue weighted by molar-refractivity contribution is -0.000868. The van der Waals surface area contributed by atoms with Gasteiger partial charge in [0.15, 0.2) is 0 Å². The van der Waals surface area contributed by atoms with Crippen molar-refractivity contribution in [1.29, 1.82) is 0 Å². The molecule has 2 aliphatic rings. The van der Waals surface area contributed by atoms with Crippen LogP contribution in [0.5, 0.6) is 5.75 Å². The highest BCUT2D eigenvalue weighted by molar-refractivity contribution is 6.21. The predicted molar refractivity (Wildman–Crippen MR) is 99.9 cm³/mol. The third-order valence-corrected chi connectivity index (χ3v) is 5.02. The lowest BCUT2D eigenvalue weighted by Gasteiger charge is -2.35. The second-order valence-corrected chi connectivity index (χ2v) is 6.69. The maximum atomic E-state index is 12.7. The highest BCUT2D eigenvalue weighted by Crippen LogP contribution is 2.23. The number of amides is 2. The molecule has 2 heterocycles. The number of carbonyl (C=O) groups is 2. The van der Waals surface area contributed by atoms with Crippen molar-refractivity contribution in [1.82, 2.24) is 9.80 Å². The van der Waals surface area contributed by atoms with Gasteiger partial charge in [-0.2, -0.15) is 0 Å². The number of rotatable bonds is 6. The summed E-state index contributed by atoms with van der Waals surface area (Å²) in [6, 6.07) is 16.5. The van der Waals surface area contributed by atoms with E-state index in [-0.39, 0.29) is 17.9 Å². The number of imide groups is 1. The van der Waals surface area contributed by atoms with Crippen molar-refractivity contribution in [2.75, 3.05) is 39.5 Å². The molecular weight excluding hydrogens is 344 g/mol. The van der Waals surface area contributed by atoms with Crippen LogP contribution in [0.1, 0.15) is 20.7 Å². The Morgan fingerprint density at radius 3 is 2.11 bits per heavy atom. The van der Waals surface area contributed by atoms with Gasteiger partial charge in [-0.15, -0.1) is 0 Å². The highest BCUT2D eigenvalue weighted by atomic mass is 16.5. The molecule has 1 atom stereocenters. The van der Waals surface area contributed by atoms with E-state index in [1.165, 1.54) is 4.90 Å². The molecule has 2 aromatic carbocycles. The number of morpholine rings is 1. The van der Waals surface area contributed by atoms with E-state index in [1.807, 2.05) is 30.3 Å². The van der Waals surface area contributed by atoms with E-state index in [0.29, 0.717) is 37.5 Å². The fourth-order valence-electron chi connectivity index (χ4n) is 3.54. The largest absolute Gasteiger partial charge is 0.492 e. The Balaban J connectivity index is 1.50. The average Bonchev–Trinajstić information content (AvgIpc) is 2.97. The van der Waals surface area contributed by atoms with E-state index in [4.69, 9.17) is 9.47 Å².